The lowest BCUT2D eigenvalue weighted by Gasteiger charge is -2.19. The van der Waals surface area contributed by atoms with Crippen LogP contribution in [-0.4, -0.2) is 18.4 Å². The van der Waals surface area contributed by atoms with E-state index in [0.717, 1.165) is 48.5 Å². The van der Waals surface area contributed by atoms with Crippen LogP contribution in [0.4, 0.5) is 0 Å². The molecule has 0 aromatic heterocycles. The maximum Gasteiger partial charge on any atom is 0.243 e. The summed E-state index contributed by atoms with van der Waals surface area (Å²) < 4.78 is 10.6. The number of hydrazone groups is 1. The summed E-state index contributed by atoms with van der Waals surface area (Å²) in [7, 11) is 0. The second kappa shape index (κ2) is 6.16. The first kappa shape index (κ1) is 13.9. The smallest absolute Gasteiger partial charge is 0.243 e. The van der Waals surface area contributed by atoms with Crippen molar-refractivity contribution in [3.63, 3.8) is 0 Å². The van der Waals surface area contributed by atoms with Crippen molar-refractivity contribution in [2.75, 3.05) is 6.79 Å². The number of ether oxygens (including phenoxy) is 2. The van der Waals surface area contributed by atoms with Crippen LogP contribution in [0.1, 0.15) is 44.6 Å². The van der Waals surface area contributed by atoms with Gasteiger partial charge in [-0.05, 0) is 38.0 Å². The van der Waals surface area contributed by atoms with Crippen LogP contribution < -0.4 is 14.9 Å². The van der Waals surface area contributed by atoms with Gasteiger partial charge < -0.3 is 9.47 Å². The number of nitrogens with zero attached hydrogens (tertiary/aromatic N) is 1. The summed E-state index contributed by atoms with van der Waals surface area (Å²) in [4.78, 5) is 12.1. The Bertz CT molecular complexity index is 563. The standard InChI is InChI=1S/C16H20N2O3/c1-11(13-7-8-14-15(9-13)21-10-20-14)17-18-16(19)12-5-3-2-4-6-12/h7-9,12H,2-6,10H2,1H3,(H,18,19)/b17-11+. The Morgan fingerprint density at radius 2 is 1.95 bits per heavy atom. The molecule has 0 spiro atoms. The number of benzene rings is 1. The minimum Gasteiger partial charge on any atom is -0.454 e. The van der Waals surface area contributed by atoms with E-state index in [1.54, 1.807) is 0 Å². The summed E-state index contributed by atoms with van der Waals surface area (Å²) in [5, 5.41) is 4.22. The Labute approximate surface area is 124 Å². The van der Waals surface area contributed by atoms with Crippen molar-refractivity contribution in [3.05, 3.63) is 23.8 Å². The predicted molar refractivity (Wildman–Crippen MR) is 79.5 cm³/mol. The normalized spacial score (nSPS) is 18.6. The number of amides is 1. The highest BCUT2D eigenvalue weighted by atomic mass is 16.7. The second-order valence-electron chi connectivity index (χ2n) is 5.58. The van der Waals surface area contributed by atoms with Gasteiger partial charge in [-0.3, -0.25) is 4.79 Å². The lowest BCUT2D eigenvalue weighted by molar-refractivity contribution is -0.125. The topological polar surface area (TPSA) is 59.9 Å². The quantitative estimate of drug-likeness (QED) is 0.687. The van der Waals surface area contributed by atoms with Crippen molar-refractivity contribution in [2.45, 2.75) is 39.0 Å². The zero-order chi connectivity index (χ0) is 14.7. The Morgan fingerprint density at radius 1 is 1.19 bits per heavy atom. The fourth-order valence-corrected chi connectivity index (χ4v) is 2.78. The molecule has 5 heteroatoms. The summed E-state index contributed by atoms with van der Waals surface area (Å²) in [6.45, 7) is 2.13. The van der Waals surface area contributed by atoms with E-state index in [9.17, 15) is 4.79 Å². The number of hydrogen-bond acceptors (Lipinski definition) is 4. The molecular weight excluding hydrogens is 268 g/mol. The van der Waals surface area contributed by atoms with Gasteiger partial charge in [0.15, 0.2) is 11.5 Å². The predicted octanol–water partition coefficient (Wildman–Crippen LogP) is 2.84. The van der Waals surface area contributed by atoms with Gasteiger partial charge in [-0.25, -0.2) is 5.43 Å². The minimum atomic E-state index is 0.0368. The van der Waals surface area contributed by atoms with Gasteiger partial charge in [-0.15, -0.1) is 0 Å². The number of rotatable bonds is 3. The van der Waals surface area contributed by atoms with Crippen LogP contribution in [-0.2, 0) is 4.79 Å². The molecule has 1 amide bonds. The molecule has 0 radical (unpaired) electrons. The molecule has 5 nitrogen and oxygen atoms in total. The van der Waals surface area contributed by atoms with Crippen LogP contribution in [0.2, 0.25) is 0 Å². The van der Waals surface area contributed by atoms with E-state index in [0.29, 0.717) is 0 Å². The molecular formula is C16H20N2O3. The van der Waals surface area contributed by atoms with Crippen molar-refractivity contribution in [1.82, 2.24) is 5.43 Å². The number of carbonyl (C=O) groups is 1. The van der Waals surface area contributed by atoms with E-state index in [2.05, 4.69) is 10.5 Å². The van der Waals surface area contributed by atoms with Gasteiger partial charge >= 0.3 is 0 Å². The monoisotopic (exact) mass is 288 g/mol. The molecule has 1 aromatic carbocycles. The van der Waals surface area contributed by atoms with Crippen molar-refractivity contribution in [2.24, 2.45) is 11.0 Å². The highest BCUT2D eigenvalue weighted by molar-refractivity contribution is 5.99. The first-order chi connectivity index (χ1) is 10.2. The van der Waals surface area contributed by atoms with Crippen molar-refractivity contribution in [3.8, 4) is 11.5 Å². The molecule has 1 fully saturated rings. The van der Waals surface area contributed by atoms with E-state index in [-0.39, 0.29) is 18.6 Å². The van der Waals surface area contributed by atoms with E-state index in [4.69, 9.17) is 9.47 Å². The maximum atomic E-state index is 12.1. The van der Waals surface area contributed by atoms with Crippen molar-refractivity contribution in [1.29, 1.82) is 0 Å². The van der Waals surface area contributed by atoms with E-state index in [1.165, 1.54) is 6.42 Å². The summed E-state index contributed by atoms with van der Waals surface area (Å²) in [6.07, 6.45) is 5.48. The molecule has 1 aromatic rings. The third-order valence-electron chi connectivity index (χ3n) is 4.10. The molecule has 2 aliphatic rings. The second-order valence-corrected chi connectivity index (χ2v) is 5.58. The fourth-order valence-electron chi connectivity index (χ4n) is 2.78. The summed E-state index contributed by atoms with van der Waals surface area (Å²) in [5.74, 6) is 1.63. The van der Waals surface area contributed by atoms with Crippen LogP contribution in [0.15, 0.2) is 23.3 Å². The minimum absolute atomic E-state index is 0.0368. The SMILES string of the molecule is C/C(=N\NC(=O)C1CCCCC1)c1ccc2c(c1)OCO2. The summed E-state index contributed by atoms with van der Waals surface area (Å²) in [5.41, 5.74) is 4.38. The first-order valence-corrected chi connectivity index (χ1v) is 7.48. The largest absolute Gasteiger partial charge is 0.454 e. The Morgan fingerprint density at radius 3 is 2.76 bits per heavy atom. The Balaban J connectivity index is 1.64. The summed E-state index contributed by atoms with van der Waals surface area (Å²) >= 11 is 0. The molecule has 1 aliphatic heterocycles. The number of nitrogens with one attached hydrogen (secondary N) is 1. The molecule has 1 saturated carbocycles. The zero-order valence-corrected chi connectivity index (χ0v) is 12.2. The third-order valence-corrected chi connectivity index (χ3v) is 4.10. The highest BCUT2D eigenvalue weighted by Crippen LogP contribution is 2.32. The molecule has 0 bridgehead atoms. The van der Waals surface area contributed by atoms with Gasteiger partial charge in [-0.1, -0.05) is 19.3 Å². The Hall–Kier alpha value is -2.04. The average molecular weight is 288 g/mol. The summed E-state index contributed by atoms with van der Waals surface area (Å²) in [6, 6.07) is 5.66. The number of carbonyl (C=O) groups excluding carboxylic acids is 1. The van der Waals surface area contributed by atoms with Crippen LogP contribution in [0, 0.1) is 5.92 Å². The molecule has 1 aliphatic carbocycles. The van der Waals surface area contributed by atoms with Gasteiger partial charge in [0.05, 0.1) is 5.71 Å². The average Bonchev–Trinajstić information content (AvgIpc) is 3.00. The van der Waals surface area contributed by atoms with Crippen LogP contribution in [0.3, 0.4) is 0 Å². The molecule has 0 unspecified atom stereocenters. The molecule has 112 valence electrons. The molecule has 3 rings (SSSR count). The van der Waals surface area contributed by atoms with Gasteiger partial charge in [0.2, 0.25) is 12.7 Å². The van der Waals surface area contributed by atoms with Gasteiger partial charge in [0.25, 0.3) is 0 Å². The fraction of sp³-hybridized carbons (Fsp3) is 0.500. The van der Waals surface area contributed by atoms with Gasteiger partial charge in [-0.2, -0.15) is 5.10 Å². The number of hydrogen-bond donors (Lipinski definition) is 1. The van der Waals surface area contributed by atoms with Crippen LogP contribution in [0.25, 0.3) is 0 Å². The maximum absolute atomic E-state index is 12.1. The molecule has 21 heavy (non-hydrogen) atoms. The van der Waals surface area contributed by atoms with Gasteiger partial charge in [0.1, 0.15) is 0 Å². The van der Waals surface area contributed by atoms with Crippen molar-refractivity contribution < 1.29 is 14.3 Å². The first-order valence-electron chi connectivity index (χ1n) is 7.48. The van der Waals surface area contributed by atoms with E-state index < -0.39 is 0 Å². The third kappa shape index (κ3) is 3.17. The zero-order valence-electron chi connectivity index (χ0n) is 12.2. The number of fused-ring (bicyclic) bond motifs is 1. The van der Waals surface area contributed by atoms with Crippen LogP contribution in [0.5, 0.6) is 11.5 Å². The van der Waals surface area contributed by atoms with E-state index >= 15 is 0 Å². The lowest BCUT2D eigenvalue weighted by atomic mass is 9.89. The molecule has 1 heterocycles. The van der Waals surface area contributed by atoms with E-state index in [1.807, 2.05) is 25.1 Å². The van der Waals surface area contributed by atoms with Gasteiger partial charge in [0, 0.05) is 11.5 Å². The highest BCUT2D eigenvalue weighted by Gasteiger charge is 2.20. The molecule has 1 N–H and O–H groups in total. The lowest BCUT2D eigenvalue weighted by Crippen LogP contribution is -2.29. The van der Waals surface area contributed by atoms with Crippen LogP contribution >= 0.6 is 0 Å². The Kier molecular flexibility index (Phi) is 4.08. The molecule has 0 atom stereocenters. The molecule has 0 saturated heterocycles. The van der Waals surface area contributed by atoms with Crippen molar-refractivity contribution >= 4 is 11.6 Å².